The number of carbonyl (C=O) groups is 2. The van der Waals surface area contributed by atoms with Gasteiger partial charge in [0.05, 0.1) is 0 Å². The summed E-state index contributed by atoms with van der Waals surface area (Å²) in [7, 11) is 0. The van der Waals surface area contributed by atoms with E-state index in [0.717, 1.165) is 63.7 Å². The van der Waals surface area contributed by atoms with Crippen molar-refractivity contribution >= 4 is 11.9 Å². The van der Waals surface area contributed by atoms with Crippen molar-refractivity contribution in [2.75, 3.05) is 45.8 Å². The van der Waals surface area contributed by atoms with E-state index in [1.807, 2.05) is 56.0 Å². The molecule has 1 saturated heterocycles. The molecule has 0 radical (unpaired) electrons. The number of urea groups is 1. The van der Waals surface area contributed by atoms with Gasteiger partial charge < -0.3 is 15.1 Å². The number of hydrogen-bond donors (Lipinski definition) is 1. The maximum atomic E-state index is 13.3. The molecule has 1 saturated carbocycles. The van der Waals surface area contributed by atoms with E-state index in [1.54, 1.807) is 0 Å². The molecule has 6 heteroatoms. The third kappa shape index (κ3) is 5.91. The summed E-state index contributed by atoms with van der Waals surface area (Å²) in [5.74, 6) is 1.66. The third-order valence-corrected chi connectivity index (χ3v) is 8.52. The molecule has 5 rings (SSSR count). The van der Waals surface area contributed by atoms with Gasteiger partial charge >= 0.3 is 6.03 Å². The summed E-state index contributed by atoms with van der Waals surface area (Å²) in [4.78, 5) is 32.3. The summed E-state index contributed by atoms with van der Waals surface area (Å²) in [6.07, 6.45) is 4.86. The van der Waals surface area contributed by atoms with E-state index in [9.17, 15) is 9.59 Å². The molecule has 3 amide bonds. The van der Waals surface area contributed by atoms with E-state index in [-0.39, 0.29) is 17.4 Å². The molecule has 1 aliphatic heterocycles. The molecule has 2 atom stereocenters. The number of allylic oxidation sites excluding steroid dienone is 1. The lowest BCUT2D eigenvalue weighted by Crippen LogP contribution is -2.54. The van der Waals surface area contributed by atoms with E-state index >= 15 is 0 Å². The molecule has 0 spiro atoms. The van der Waals surface area contributed by atoms with Crippen molar-refractivity contribution in [3.05, 3.63) is 47.5 Å². The highest BCUT2D eigenvalue weighted by atomic mass is 16.2. The molecule has 35 heavy (non-hydrogen) atoms. The van der Waals surface area contributed by atoms with Crippen LogP contribution in [0, 0.1) is 22.7 Å². The Balaban J connectivity index is 1.27. The van der Waals surface area contributed by atoms with Gasteiger partial charge in [-0.1, -0.05) is 76.6 Å². The second-order valence-corrected chi connectivity index (χ2v) is 12.3. The van der Waals surface area contributed by atoms with Gasteiger partial charge in [-0.15, -0.1) is 0 Å². The van der Waals surface area contributed by atoms with E-state index < -0.39 is 0 Å². The molecule has 3 aliphatic carbocycles. The number of hydrogen-bond acceptors (Lipinski definition) is 3. The summed E-state index contributed by atoms with van der Waals surface area (Å²) in [6, 6.07) is 10.0. The Labute approximate surface area is 211 Å². The minimum atomic E-state index is -0.386. The summed E-state index contributed by atoms with van der Waals surface area (Å²) < 4.78 is 0. The maximum Gasteiger partial charge on any atom is 0.317 e. The first-order valence-corrected chi connectivity index (χ1v) is 13.3. The van der Waals surface area contributed by atoms with Crippen LogP contribution in [0.3, 0.4) is 0 Å². The molecule has 2 bridgehead atoms. The van der Waals surface area contributed by atoms with Crippen LogP contribution in [-0.4, -0.2) is 72.5 Å². The normalized spacial score (nSPS) is 23.8. The van der Waals surface area contributed by atoms with Crippen LogP contribution in [0.15, 0.2) is 42.0 Å². The fourth-order valence-electron chi connectivity index (χ4n) is 5.93. The molecule has 6 nitrogen and oxygen atoms in total. The Morgan fingerprint density at radius 3 is 2.37 bits per heavy atom. The van der Waals surface area contributed by atoms with Gasteiger partial charge in [-0.25, -0.2) is 4.79 Å². The number of piperazine rings is 1. The van der Waals surface area contributed by atoms with Gasteiger partial charge in [-0.2, -0.15) is 0 Å². The van der Waals surface area contributed by atoms with Crippen molar-refractivity contribution < 1.29 is 9.59 Å². The maximum absolute atomic E-state index is 13.3. The number of nitrogens with one attached hydrogen (secondary N) is 1. The van der Waals surface area contributed by atoms with Crippen molar-refractivity contribution in [1.82, 2.24) is 20.0 Å². The lowest BCUT2D eigenvalue weighted by molar-refractivity contribution is -0.139. The number of fused-ring (bicyclic) bond motifs is 1. The summed E-state index contributed by atoms with van der Waals surface area (Å²) >= 11 is 0. The van der Waals surface area contributed by atoms with Gasteiger partial charge in [-0.05, 0) is 35.7 Å². The van der Waals surface area contributed by atoms with E-state index in [0.29, 0.717) is 17.9 Å². The van der Waals surface area contributed by atoms with Gasteiger partial charge in [0, 0.05) is 57.8 Å². The quantitative estimate of drug-likeness (QED) is 0.589. The largest absolute Gasteiger partial charge is 0.337 e. The molecule has 0 aromatic heterocycles. The Morgan fingerprint density at radius 1 is 1.09 bits per heavy atom. The highest BCUT2D eigenvalue weighted by Crippen LogP contribution is 2.59. The average molecular weight is 481 g/mol. The second kappa shape index (κ2) is 10.3. The third-order valence-electron chi connectivity index (χ3n) is 8.52. The van der Waals surface area contributed by atoms with Crippen molar-refractivity contribution in [2.24, 2.45) is 22.7 Å². The van der Waals surface area contributed by atoms with Crippen LogP contribution in [0.1, 0.15) is 53.0 Å². The van der Waals surface area contributed by atoms with E-state index in [4.69, 9.17) is 0 Å². The Kier molecular flexibility index (Phi) is 7.60. The van der Waals surface area contributed by atoms with Crippen LogP contribution >= 0.6 is 0 Å². The van der Waals surface area contributed by atoms with Gasteiger partial charge in [-0.3, -0.25) is 9.69 Å². The zero-order chi connectivity index (χ0) is 25.2. The summed E-state index contributed by atoms with van der Waals surface area (Å²) in [5, 5.41) is 3.03. The Hall–Kier alpha value is -2.34. The predicted octanol–water partition coefficient (Wildman–Crippen LogP) is 4.38. The smallest absolute Gasteiger partial charge is 0.317 e. The van der Waals surface area contributed by atoms with Crippen LogP contribution < -0.4 is 5.32 Å². The first-order valence-electron chi connectivity index (χ1n) is 13.3. The van der Waals surface area contributed by atoms with E-state index in [1.165, 1.54) is 12.0 Å². The van der Waals surface area contributed by atoms with Crippen LogP contribution in [0.2, 0.25) is 0 Å². The van der Waals surface area contributed by atoms with Crippen LogP contribution in [0.4, 0.5) is 4.79 Å². The minimum Gasteiger partial charge on any atom is -0.337 e. The van der Waals surface area contributed by atoms with Gasteiger partial charge in [0.25, 0.3) is 0 Å². The number of benzene rings is 1. The molecule has 1 aromatic rings. The molecule has 1 N–H and O–H groups in total. The van der Waals surface area contributed by atoms with Crippen LogP contribution in [0.5, 0.6) is 0 Å². The number of amides is 3. The van der Waals surface area contributed by atoms with E-state index in [2.05, 4.69) is 35.0 Å². The fourth-order valence-corrected chi connectivity index (χ4v) is 5.93. The average Bonchev–Trinajstić information content (AvgIpc) is 2.85. The van der Waals surface area contributed by atoms with Crippen molar-refractivity contribution in [3.63, 3.8) is 0 Å². The molecule has 4 aliphatic rings. The summed E-state index contributed by atoms with van der Waals surface area (Å²) in [5.41, 5.74) is 2.56. The zero-order valence-corrected chi connectivity index (χ0v) is 22.3. The van der Waals surface area contributed by atoms with Crippen molar-refractivity contribution in [3.8, 4) is 0 Å². The van der Waals surface area contributed by atoms with Crippen LogP contribution in [0.25, 0.3) is 0 Å². The summed E-state index contributed by atoms with van der Waals surface area (Å²) in [6.45, 7) is 16.9. The zero-order valence-electron chi connectivity index (χ0n) is 22.3. The minimum absolute atomic E-state index is 0.00342. The van der Waals surface area contributed by atoms with Gasteiger partial charge in [0.15, 0.2) is 0 Å². The SMILES string of the molecule is CC(C)(C)C(=O)N(CCN1CCN(C(=O)NCc2ccccc2)CC1)CC1=CCC2CC1C2(C)C. The van der Waals surface area contributed by atoms with Gasteiger partial charge in [0.2, 0.25) is 5.91 Å². The molecular formula is C29H44N4O2. The molecular weight excluding hydrogens is 436 g/mol. The topological polar surface area (TPSA) is 55.9 Å². The number of nitrogens with zero attached hydrogens (tertiary/aromatic N) is 3. The van der Waals surface area contributed by atoms with Crippen LogP contribution in [-0.2, 0) is 11.3 Å². The Bertz CT molecular complexity index is 926. The monoisotopic (exact) mass is 480 g/mol. The predicted molar refractivity (Wildman–Crippen MR) is 141 cm³/mol. The first-order chi connectivity index (χ1) is 16.6. The van der Waals surface area contributed by atoms with Gasteiger partial charge in [0.1, 0.15) is 0 Å². The lowest BCUT2D eigenvalue weighted by atomic mass is 9.49. The van der Waals surface area contributed by atoms with Crippen molar-refractivity contribution in [2.45, 2.75) is 54.0 Å². The lowest BCUT2D eigenvalue weighted by Gasteiger charge is -2.57. The fraction of sp³-hybridized carbons (Fsp3) is 0.655. The number of carbonyl (C=O) groups excluding carboxylic acids is 2. The second-order valence-electron chi connectivity index (χ2n) is 12.3. The standard InChI is InChI=1S/C29H44N4O2/c1-28(2,3)26(34)33(21-23-11-12-24-19-25(23)29(24,4)5)18-15-31-13-16-32(17-14-31)27(35)30-20-22-9-7-6-8-10-22/h6-11,24-25H,12-21H2,1-5H3,(H,30,35). The molecule has 1 aromatic carbocycles. The van der Waals surface area contributed by atoms with Crippen molar-refractivity contribution in [1.29, 1.82) is 0 Å². The molecule has 2 unspecified atom stereocenters. The highest BCUT2D eigenvalue weighted by molar-refractivity contribution is 5.81. The number of rotatable bonds is 7. The molecule has 2 fully saturated rings. The molecule has 1 heterocycles. The highest BCUT2D eigenvalue weighted by Gasteiger charge is 2.51. The first kappa shape index (κ1) is 25.7. The Morgan fingerprint density at radius 2 is 1.77 bits per heavy atom. The molecule has 192 valence electrons.